The van der Waals surface area contributed by atoms with Crippen LogP contribution in [0.25, 0.3) is 5.69 Å². The number of aliphatic carboxylic acids is 1. The van der Waals surface area contributed by atoms with Gasteiger partial charge in [0.25, 0.3) is 5.91 Å². The fraction of sp³-hybridized carbons (Fsp3) is 0.105. The topological polar surface area (TPSA) is 104 Å². The van der Waals surface area contributed by atoms with E-state index in [1.54, 1.807) is 0 Å². The van der Waals surface area contributed by atoms with Crippen molar-refractivity contribution in [2.24, 2.45) is 0 Å². The molecule has 1 amide bonds. The summed E-state index contributed by atoms with van der Waals surface area (Å²) in [5, 5.41) is 25.6. The first-order chi connectivity index (χ1) is 13.7. The number of carboxylic acids is 1. The predicted molar refractivity (Wildman–Crippen MR) is 99.1 cm³/mol. The van der Waals surface area contributed by atoms with E-state index < -0.39 is 41.9 Å². The fourth-order valence-electron chi connectivity index (χ4n) is 2.71. The molecule has 0 aliphatic rings. The van der Waals surface area contributed by atoms with Crippen LogP contribution < -0.4 is 5.32 Å². The summed E-state index contributed by atoms with van der Waals surface area (Å²) in [6.45, 7) is 0. The molecule has 10 heteroatoms. The second-order valence-electron chi connectivity index (χ2n) is 6.07. The van der Waals surface area contributed by atoms with Crippen LogP contribution in [0.1, 0.15) is 28.5 Å². The second-order valence-corrected chi connectivity index (χ2v) is 6.48. The van der Waals surface area contributed by atoms with Crippen molar-refractivity contribution in [3.8, 4) is 11.6 Å². The summed E-state index contributed by atoms with van der Waals surface area (Å²) in [5.74, 6) is -3.72. The lowest BCUT2D eigenvalue weighted by Gasteiger charge is -2.18. The van der Waals surface area contributed by atoms with Crippen LogP contribution in [0.4, 0.5) is 8.78 Å². The third-order valence-electron chi connectivity index (χ3n) is 3.99. The zero-order chi connectivity index (χ0) is 21.1. The van der Waals surface area contributed by atoms with Gasteiger partial charge in [-0.2, -0.15) is 5.10 Å². The van der Waals surface area contributed by atoms with Crippen molar-refractivity contribution >= 4 is 23.5 Å². The SMILES string of the molecule is O=C(O)CC(NC(=O)c1cc(O)n(-c2cccc(F)c2)n1)c1cc(F)ccc1Cl. The first-order valence-corrected chi connectivity index (χ1v) is 8.65. The first kappa shape index (κ1) is 20.3. The number of hydrogen-bond acceptors (Lipinski definition) is 4. The average Bonchev–Trinajstić information content (AvgIpc) is 3.05. The third kappa shape index (κ3) is 4.69. The Hall–Kier alpha value is -3.46. The maximum Gasteiger partial charge on any atom is 0.305 e. The van der Waals surface area contributed by atoms with E-state index in [-0.39, 0.29) is 22.0 Å². The maximum atomic E-state index is 13.6. The number of aromatic hydroxyl groups is 1. The van der Waals surface area contributed by atoms with Crippen LogP contribution in [-0.2, 0) is 4.79 Å². The molecule has 0 aliphatic heterocycles. The molecule has 3 rings (SSSR count). The molecule has 1 atom stereocenters. The number of halogens is 3. The fourth-order valence-corrected chi connectivity index (χ4v) is 2.96. The summed E-state index contributed by atoms with van der Waals surface area (Å²) in [6, 6.07) is 8.44. The molecule has 0 saturated carbocycles. The third-order valence-corrected chi connectivity index (χ3v) is 4.34. The second kappa shape index (κ2) is 8.27. The number of carboxylic acid groups (broad SMARTS) is 1. The Kier molecular flexibility index (Phi) is 5.79. The largest absolute Gasteiger partial charge is 0.493 e. The predicted octanol–water partition coefficient (Wildman–Crippen LogP) is 3.46. The van der Waals surface area contributed by atoms with Gasteiger partial charge in [0.2, 0.25) is 5.88 Å². The quantitative estimate of drug-likeness (QED) is 0.565. The lowest BCUT2D eigenvalue weighted by atomic mass is 10.0. The highest BCUT2D eigenvalue weighted by Gasteiger charge is 2.24. The van der Waals surface area contributed by atoms with Gasteiger partial charge in [-0.15, -0.1) is 0 Å². The highest BCUT2D eigenvalue weighted by atomic mass is 35.5. The van der Waals surface area contributed by atoms with Crippen molar-refractivity contribution < 1.29 is 28.6 Å². The van der Waals surface area contributed by atoms with Gasteiger partial charge >= 0.3 is 5.97 Å². The number of benzene rings is 2. The number of carbonyl (C=O) groups excluding carboxylic acids is 1. The Morgan fingerprint density at radius 2 is 1.86 bits per heavy atom. The van der Waals surface area contributed by atoms with Crippen LogP contribution in [0.3, 0.4) is 0 Å². The highest BCUT2D eigenvalue weighted by molar-refractivity contribution is 6.31. The lowest BCUT2D eigenvalue weighted by molar-refractivity contribution is -0.137. The Balaban J connectivity index is 1.89. The summed E-state index contributed by atoms with van der Waals surface area (Å²) in [7, 11) is 0. The van der Waals surface area contributed by atoms with Crippen LogP contribution >= 0.6 is 11.6 Å². The minimum Gasteiger partial charge on any atom is -0.493 e. The van der Waals surface area contributed by atoms with Gasteiger partial charge in [0.15, 0.2) is 5.69 Å². The van der Waals surface area contributed by atoms with E-state index >= 15 is 0 Å². The zero-order valence-electron chi connectivity index (χ0n) is 14.6. The molecule has 2 aromatic carbocycles. The van der Waals surface area contributed by atoms with Crippen molar-refractivity contribution in [1.82, 2.24) is 15.1 Å². The van der Waals surface area contributed by atoms with E-state index in [1.165, 1.54) is 24.3 Å². The van der Waals surface area contributed by atoms with Gasteiger partial charge in [-0.3, -0.25) is 9.59 Å². The van der Waals surface area contributed by atoms with E-state index in [0.717, 1.165) is 28.9 Å². The standard InChI is InChI=1S/C19H14ClF2N3O4/c20-14-5-4-11(22)7-13(14)15(9-18(27)28)23-19(29)16-8-17(26)25(24-16)12-3-1-2-10(21)6-12/h1-8,15,26H,9H2,(H,23,29)(H,27,28). The van der Waals surface area contributed by atoms with Crippen molar-refractivity contribution in [2.75, 3.05) is 0 Å². The van der Waals surface area contributed by atoms with E-state index in [9.17, 15) is 23.5 Å². The minimum atomic E-state index is -1.25. The summed E-state index contributed by atoms with van der Waals surface area (Å²) >= 11 is 6.02. The van der Waals surface area contributed by atoms with Crippen molar-refractivity contribution in [2.45, 2.75) is 12.5 Å². The van der Waals surface area contributed by atoms with Crippen LogP contribution in [0.15, 0.2) is 48.5 Å². The number of nitrogens with zero attached hydrogens (tertiary/aromatic N) is 2. The van der Waals surface area contributed by atoms with Crippen LogP contribution in [0, 0.1) is 11.6 Å². The number of carbonyl (C=O) groups is 2. The molecule has 150 valence electrons. The van der Waals surface area contributed by atoms with Gasteiger partial charge in [-0.1, -0.05) is 17.7 Å². The maximum absolute atomic E-state index is 13.6. The minimum absolute atomic E-state index is 0.0751. The molecule has 0 aliphatic carbocycles. The van der Waals surface area contributed by atoms with Gasteiger partial charge in [-0.25, -0.2) is 13.5 Å². The first-order valence-electron chi connectivity index (χ1n) is 8.27. The Labute approximate surface area is 168 Å². The van der Waals surface area contributed by atoms with E-state index in [0.29, 0.717) is 0 Å². The molecule has 1 heterocycles. The molecule has 0 saturated heterocycles. The van der Waals surface area contributed by atoms with Gasteiger partial charge in [0.05, 0.1) is 18.2 Å². The molecular formula is C19H14ClF2N3O4. The Bertz CT molecular complexity index is 1090. The molecule has 1 aromatic heterocycles. The van der Waals surface area contributed by atoms with Crippen LogP contribution in [0.2, 0.25) is 5.02 Å². The Morgan fingerprint density at radius 1 is 1.14 bits per heavy atom. The molecule has 1 unspecified atom stereocenters. The average molecular weight is 422 g/mol. The van der Waals surface area contributed by atoms with E-state index in [2.05, 4.69) is 10.4 Å². The lowest BCUT2D eigenvalue weighted by Crippen LogP contribution is -2.31. The molecule has 3 N–H and O–H groups in total. The van der Waals surface area contributed by atoms with Crippen LogP contribution in [-0.4, -0.2) is 31.9 Å². The number of amides is 1. The van der Waals surface area contributed by atoms with E-state index in [4.69, 9.17) is 16.7 Å². The Morgan fingerprint density at radius 3 is 2.55 bits per heavy atom. The number of hydrogen-bond donors (Lipinski definition) is 3. The highest BCUT2D eigenvalue weighted by Crippen LogP contribution is 2.27. The zero-order valence-corrected chi connectivity index (χ0v) is 15.4. The summed E-state index contributed by atoms with van der Waals surface area (Å²) < 4.78 is 27.9. The number of rotatable bonds is 6. The summed E-state index contributed by atoms with van der Waals surface area (Å²) in [5.41, 5.74) is 0.00249. The van der Waals surface area contributed by atoms with Gasteiger partial charge in [0.1, 0.15) is 11.6 Å². The smallest absolute Gasteiger partial charge is 0.305 e. The van der Waals surface area contributed by atoms with Gasteiger partial charge < -0.3 is 15.5 Å². The number of nitrogens with one attached hydrogen (secondary N) is 1. The summed E-state index contributed by atoms with van der Waals surface area (Å²) in [6.07, 6.45) is -0.564. The number of aromatic nitrogens is 2. The molecule has 0 fully saturated rings. The van der Waals surface area contributed by atoms with Gasteiger partial charge in [-0.05, 0) is 42.0 Å². The molecule has 0 radical (unpaired) electrons. The molecule has 3 aromatic rings. The van der Waals surface area contributed by atoms with Crippen molar-refractivity contribution in [3.63, 3.8) is 0 Å². The van der Waals surface area contributed by atoms with Gasteiger partial charge in [0, 0.05) is 11.1 Å². The van der Waals surface area contributed by atoms with Crippen molar-refractivity contribution in [1.29, 1.82) is 0 Å². The molecule has 7 nitrogen and oxygen atoms in total. The monoisotopic (exact) mass is 421 g/mol. The van der Waals surface area contributed by atoms with Crippen molar-refractivity contribution in [3.05, 3.63) is 76.4 Å². The normalized spacial score (nSPS) is 11.8. The van der Waals surface area contributed by atoms with Crippen LogP contribution in [0.5, 0.6) is 5.88 Å². The summed E-state index contributed by atoms with van der Waals surface area (Å²) in [4.78, 5) is 23.8. The molecular weight excluding hydrogens is 408 g/mol. The molecule has 0 spiro atoms. The molecule has 29 heavy (non-hydrogen) atoms. The molecule has 0 bridgehead atoms. The van der Waals surface area contributed by atoms with E-state index in [1.807, 2.05) is 0 Å².